The van der Waals surface area contributed by atoms with Gasteiger partial charge in [0, 0.05) is 18.5 Å². The van der Waals surface area contributed by atoms with Gasteiger partial charge in [0.15, 0.2) is 5.82 Å². The van der Waals surface area contributed by atoms with Crippen LogP contribution < -0.4 is 10.2 Å². The van der Waals surface area contributed by atoms with Gasteiger partial charge in [-0.25, -0.2) is 4.39 Å². The van der Waals surface area contributed by atoms with Crippen LogP contribution in [0, 0.1) is 19.7 Å². The second-order valence-electron chi connectivity index (χ2n) is 8.53. The van der Waals surface area contributed by atoms with Crippen LogP contribution in [0.15, 0.2) is 30.5 Å². The maximum Gasteiger partial charge on any atom is 0.158 e. The number of hydrogen-bond donors (Lipinski definition) is 2. The first-order valence-corrected chi connectivity index (χ1v) is 10.4. The smallest absolute Gasteiger partial charge is 0.158 e. The van der Waals surface area contributed by atoms with Crippen molar-refractivity contribution in [3.8, 4) is 0 Å². The van der Waals surface area contributed by atoms with Crippen molar-refractivity contribution < 1.29 is 9.50 Å². The number of nitrogens with one attached hydrogen (secondary N) is 1. The summed E-state index contributed by atoms with van der Waals surface area (Å²) in [5.74, 6) is 0.413. The highest BCUT2D eigenvalue weighted by atomic mass is 19.1. The van der Waals surface area contributed by atoms with Crippen LogP contribution in [0.25, 0.3) is 10.9 Å². The van der Waals surface area contributed by atoms with E-state index >= 15 is 0 Å². The van der Waals surface area contributed by atoms with E-state index < -0.39 is 5.60 Å². The van der Waals surface area contributed by atoms with Crippen molar-refractivity contribution in [1.82, 2.24) is 15.2 Å². The van der Waals surface area contributed by atoms with Crippen LogP contribution in [0.3, 0.4) is 0 Å². The molecule has 3 aromatic rings. The second kappa shape index (κ2) is 7.80. The number of anilines is 2. The summed E-state index contributed by atoms with van der Waals surface area (Å²) in [5.41, 5.74) is 3.46. The SMILES string of the molecule is Cc1c(F)cccc1[C@@H](C)Nc1nnc(C)c2ncc(N3CCC(C)(O)CC3)cc12. The summed E-state index contributed by atoms with van der Waals surface area (Å²) in [6, 6.07) is 7.05. The van der Waals surface area contributed by atoms with Crippen molar-refractivity contribution in [3.05, 3.63) is 53.1 Å². The summed E-state index contributed by atoms with van der Waals surface area (Å²) >= 11 is 0. The van der Waals surface area contributed by atoms with Crippen LogP contribution in [-0.4, -0.2) is 39.0 Å². The number of benzene rings is 1. The first-order valence-electron chi connectivity index (χ1n) is 10.4. The molecule has 4 rings (SSSR count). The number of aromatic nitrogens is 3. The van der Waals surface area contributed by atoms with Gasteiger partial charge in [-0.2, -0.15) is 5.10 Å². The zero-order chi connectivity index (χ0) is 21.5. The molecule has 0 aliphatic carbocycles. The molecular formula is C23H28FN5O. The Morgan fingerprint density at radius 2 is 1.93 bits per heavy atom. The number of hydrogen-bond acceptors (Lipinski definition) is 6. The van der Waals surface area contributed by atoms with E-state index in [-0.39, 0.29) is 11.9 Å². The van der Waals surface area contributed by atoms with Gasteiger partial charge < -0.3 is 15.3 Å². The Balaban J connectivity index is 1.68. The quantitative estimate of drug-likeness (QED) is 0.669. The third kappa shape index (κ3) is 3.94. The summed E-state index contributed by atoms with van der Waals surface area (Å²) in [5, 5.41) is 23.2. The Kier molecular flexibility index (Phi) is 5.32. The minimum Gasteiger partial charge on any atom is -0.390 e. The lowest BCUT2D eigenvalue weighted by molar-refractivity contribution is 0.0351. The molecule has 1 aliphatic rings. The molecule has 1 aliphatic heterocycles. The van der Waals surface area contributed by atoms with Gasteiger partial charge in [0.1, 0.15) is 5.82 Å². The van der Waals surface area contributed by atoms with Crippen LogP contribution >= 0.6 is 0 Å². The number of aliphatic hydroxyl groups is 1. The van der Waals surface area contributed by atoms with Crippen molar-refractivity contribution >= 4 is 22.4 Å². The van der Waals surface area contributed by atoms with Crippen LogP contribution in [-0.2, 0) is 0 Å². The topological polar surface area (TPSA) is 74.2 Å². The molecule has 7 heteroatoms. The summed E-state index contributed by atoms with van der Waals surface area (Å²) in [4.78, 5) is 6.90. The standard InChI is InChI=1S/C23H28FN5O/c1-14-18(6-5-7-20(14)24)15(2)26-22-19-12-17(13-25-21(19)16(3)27-28-22)29-10-8-23(4,30)9-11-29/h5-7,12-13,15,30H,8-11H2,1-4H3,(H,26,28)/t15-/m1/s1. The number of halogens is 1. The Morgan fingerprint density at radius 1 is 1.20 bits per heavy atom. The third-order valence-electron chi connectivity index (χ3n) is 6.11. The third-order valence-corrected chi connectivity index (χ3v) is 6.11. The van der Waals surface area contributed by atoms with E-state index in [9.17, 15) is 9.50 Å². The number of fused-ring (bicyclic) bond motifs is 1. The zero-order valence-electron chi connectivity index (χ0n) is 17.9. The van der Waals surface area contributed by atoms with Gasteiger partial charge in [-0.15, -0.1) is 5.10 Å². The van der Waals surface area contributed by atoms with Gasteiger partial charge in [0.05, 0.1) is 34.7 Å². The van der Waals surface area contributed by atoms with Gasteiger partial charge in [0.25, 0.3) is 0 Å². The van der Waals surface area contributed by atoms with Crippen LogP contribution in [0.2, 0.25) is 0 Å². The van der Waals surface area contributed by atoms with E-state index in [2.05, 4.69) is 31.5 Å². The van der Waals surface area contributed by atoms with Gasteiger partial charge in [-0.05, 0) is 63.8 Å². The number of pyridine rings is 1. The molecule has 1 aromatic carbocycles. The fourth-order valence-electron chi connectivity index (χ4n) is 4.05. The van der Waals surface area contributed by atoms with E-state index in [1.807, 2.05) is 33.0 Å². The number of piperidine rings is 1. The molecule has 0 bridgehead atoms. The maximum absolute atomic E-state index is 14.0. The van der Waals surface area contributed by atoms with Crippen molar-refractivity contribution in [2.24, 2.45) is 0 Å². The number of aryl methyl sites for hydroxylation is 1. The van der Waals surface area contributed by atoms with Gasteiger partial charge >= 0.3 is 0 Å². The first kappa shape index (κ1) is 20.5. The lowest BCUT2D eigenvalue weighted by Gasteiger charge is -2.37. The Labute approximate surface area is 176 Å². The average molecular weight is 410 g/mol. The van der Waals surface area contributed by atoms with Crippen LogP contribution in [0.1, 0.15) is 49.6 Å². The molecule has 1 fully saturated rings. The van der Waals surface area contributed by atoms with E-state index in [4.69, 9.17) is 0 Å². The predicted molar refractivity (Wildman–Crippen MR) is 117 cm³/mol. The summed E-state index contributed by atoms with van der Waals surface area (Å²) in [6.45, 7) is 9.11. The van der Waals surface area contributed by atoms with E-state index in [1.54, 1.807) is 13.0 Å². The fourth-order valence-corrected chi connectivity index (χ4v) is 4.05. The number of rotatable bonds is 4. The predicted octanol–water partition coefficient (Wildman–Crippen LogP) is 4.31. The molecule has 0 unspecified atom stereocenters. The second-order valence-corrected chi connectivity index (χ2v) is 8.53. The Hall–Kier alpha value is -2.80. The monoisotopic (exact) mass is 409 g/mol. The highest BCUT2D eigenvalue weighted by Gasteiger charge is 2.28. The van der Waals surface area contributed by atoms with Gasteiger partial charge in [-0.1, -0.05) is 12.1 Å². The molecule has 30 heavy (non-hydrogen) atoms. The molecular weight excluding hydrogens is 381 g/mol. The molecule has 3 heterocycles. The molecule has 0 spiro atoms. The highest BCUT2D eigenvalue weighted by molar-refractivity contribution is 5.92. The summed E-state index contributed by atoms with van der Waals surface area (Å²) in [7, 11) is 0. The molecule has 2 N–H and O–H groups in total. The lowest BCUT2D eigenvalue weighted by atomic mass is 9.93. The largest absolute Gasteiger partial charge is 0.390 e. The van der Waals surface area contributed by atoms with Gasteiger partial charge in [0.2, 0.25) is 0 Å². The van der Waals surface area contributed by atoms with Crippen LogP contribution in [0.5, 0.6) is 0 Å². The Morgan fingerprint density at radius 3 is 2.67 bits per heavy atom. The minimum absolute atomic E-state index is 0.144. The molecule has 0 radical (unpaired) electrons. The fraction of sp³-hybridized carbons (Fsp3) is 0.435. The molecule has 1 atom stereocenters. The van der Waals surface area contributed by atoms with Crippen LogP contribution in [0.4, 0.5) is 15.9 Å². The zero-order valence-corrected chi connectivity index (χ0v) is 17.9. The molecule has 2 aromatic heterocycles. The minimum atomic E-state index is -0.603. The summed E-state index contributed by atoms with van der Waals surface area (Å²) in [6.07, 6.45) is 3.31. The molecule has 158 valence electrons. The van der Waals surface area contributed by atoms with Crippen molar-refractivity contribution in [3.63, 3.8) is 0 Å². The molecule has 0 amide bonds. The number of nitrogens with zero attached hydrogens (tertiary/aromatic N) is 4. The van der Waals surface area contributed by atoms with Crippen molar-refractivity contribution in [2.45, 2.75) is 52.2 Å². The first-order chi connectivity index (χ1) is 14.2. The lowest BCUT2D eigenvalue weighted by Crippen LogP contribution is -2.42. The molecule has 0 saturated carbocycles. The normalized spacial score (nSPS) is 17.2. The Bertz CT molecular complexity index is 1070. The van der Waals surface area contributed by atoms with E-state index in [1.165, 1.54) is 6.07 Å². The van der Waals surface area contributed by atoms with Crippen molar-refractivity contribution in [1.29, 1.82) is 0 Å². The molecule has 6 nitrogen and oxygen atoms in total. The van der Waals surface area contributed by atoms with E-state index in [0.29, 0.717) is 11.4 Å². The average Bonchev–Trinajstić information content (AvgIpc) is 2.72. The summed E-state index contributed by atoms with van der Waals surface area (Å²) < 4.78 is 14.0. The van der Waals surface area contributed by atoms with Gasteiger partial charge in [-0.3, -0.25) is 4.98 Å². The molecule has 1 saturated heterocycles. The maximum atomic E-state index is 14.0. The van der Waals surface area contributed by atoms with Crippen molar-refractivity contribution in [2.75, 3.05) is 23.3 Å². The highest BCUT2D eigenvalue weighted by Crippen LogP contribution is 2.31. The van der Waals surface area contributed by atoms with E-state index in [0.717, 1.165) is 53.8 Å².